The van der Waals surface area contributed by atoms with Crippen LogP contribution in [0.5, 0.6) is 5.75 Å². The van der Waals surface area contributed by atoms with Crippen molar-refractivity contribution in [1.82, 2.24) is 9.88 Å². The van der Waals surface area contributed by atoms with E-state index in [2.05, 4.69) is 40.3 Å². The van der Waals surface area contributed by atoms with Crippen LogP contribution >= 0.6 is 0 Å². The second-order valence-corrected chi connectivity index (χ2v) is 7.59. The molecular formula is C23H29N3O2. The number of fused-ring (bicyclic) bond motifs is 1. The zero-order chi connectivity index (χ0) is 19.3. The molecule has 148 valence electrons. The third kappa shape index (κ3) is 4.09. The number of aromatic nitrogens is 1. The summed E-state index contributed by atoms with van der Waals surface area (Å²) in [7, 11) is 3.64. The van der Waals surface area contributed by atoms with Gasteiger partial charge in [0, 0.05) is 25.6 Å². The van der Waals surface area contributed by atoms with Crippen LogP contribution in [0.4, 0.5) is 5.82 Å². The summed E-state index contributed by atoms with van der Waals surface area (Å²) in [6.45, 7) is 4.77. The summed E-state index contributed by atoms with van der Waals surface area (Å²) in [5, 5.41) is 4.37. The zero-order valence-corrected chi connectivity index (χ0v) is 16.9. The highest BCUT2D eigenvalue weighted by Gasteiger charge is 2.20. The molecule has 2 aromatic rings. The molecule has 4 rings (SSSR count). The molecule has 1 aromatic heterocycles. The van der Waals surface area contributed by atoms with Gasteiger partial charge in [0.25, 0.3) is 0 Å². The van der Waals surface area contributed by atoms with Crippen LogP contribution in [-0.2, 0) is 4.74 Å². The largest absolute Gasteiger partial charge is 0.495 e. The second kappa shape index (κ2) is 8.81. The molecule has 0 aliphatic carbocycles. The predicted octanol–water partition coefficient (Wildman–Crippen LogP) is 3.63. The molecule has 1 aromatic carbocycles. The SMILES string of the molecule is CNc1cc(C2CCOCC2)c2cc(OC)c(C#CCN3CCCC3)cc2n1. The highest BCUT2D eigenvalue weighted by Crippen LogP contribution is 2.36. The molecule has 5 heteroatoms. The van der Waals surface area contributed by atoms with E-state index in [0.29, 0.717) is 5.92 Å². The molecule has 0 unspecified atom stereocenters. The molecule has 0 bridgehead atoms. The number of hydrogen-bond acceptors (Lipinski definition) is 5. The van der Waals surface area contributed by atoms with Crippen LogP contribution in [0.25, 0.3) is 10.9 Å². The Kier molecular flexibility index (Phi) is 5.99. The molecule has 0 amide bonds. The Morgan fingerprint density at radius 1 is 1.21 bits per heavy atom. The minimum atomic E-state index is 0.489. The summed E-state index contributed by atoms with van der Waals surface area (Å²) < 4.78 is 11.3. The van der Waals surface area contributed by atoms with Gasteiger partial charge in [-0.1, -0.05) is 11.8 Å². The van der Waals surface area contributed by atoms with E-state index >= 15 is 0 Å². The van der Waals surface area contributed by atoms with Gasteiger partial charge in [0.05, 0.1) is 24.7 Å². The first-order valence-corrected chi connectivity index (χ1v) is 10.3. The number of benzene rings is 1. The number of pyridine rings is 1. The fraction of sp³-hybridized carbons (Fsp3) is 0.522. The van der Waals surface area contributed by atoms with Crippen LogP contribution in [0, 0.1) is 11.8 Å². The van der Waals surface area contributed by atoms with Gasteiger partial charge in [-0.15, -0.1) is 0 Å². The number of nitrogens with one attached hydrogen (secondary N) is 1. The first-order chi connectivity index (χ1) is 13.8. The minimum absolute atomic E-state index is 0.489. The third-order valence-corrected chi connectivity index (χ3v) is 5.80. The van der Waals surface area contributed by atoms with Gasteiger partial charge < -0.3 is 14.8 Å². The van der Waals surface area contributed by atoms with Crippen molar-refractivity contribution in [3.05, 3.63) is 29.3 Å². The van der Waals surface area contributed by atoms with Gasteiger partial charge >= 0.3 is 0 Å². The lowest BCUT2D eigenvalue weighted by atomic mass is 9.89. The Morgan fingerprint density at radius 3 is 2.71 bits per heavy atom. The van der Waals surface area contributed by atoms with Crippen LogP contribution < -0.4 is 10.1 Å². The molecule has 5 nitrogen and oxygen atoms in total. The molecule has 0 radical (unpaired) electrons. The van der Waals surface area contributed by atoms with Crippen LogP contribution in [0.1, 0.15) is 42.7 Å². The number of nitrogens with zero attached hydrogens (tertiary/aromatic N) is 2. The van der Waals surface area contributed by atoms with Crippen molar-refractivity contribution < 1.29 is 9.47 Å². The highest BCUT2D eigenvalue weighted by molar-refractivity contribution is 5.88. The van der Waals surface area contributed by atoms with Gasteiger partial charge in [0.1, 0.15) is 11.6 Å². The third-order valence-electron chi connectivity index (χ3n) is 5.80. The molecule has 0 saturated carbocycles. The molecule has 2 aliphatic rings. The van der Waals surface area contributed by atoms with Crippen LogP contribution in [0.15, 0.2) is 18.2 Å². The summed E-state index contributed by atoms with van der Waals surface area (Å²) >= 11 is 0. The van der Waals surface area contributed by atoms with E-state index in [0.717, 1.165) is 73.7 Å². The monoisotopic (exact) mass is 379 g/mol. The lowest BCUT2D eigenvalue weighted by Gasteiger charge is -2.24. The number of ether oxygens (including phenoxy) is 2. The number of hydrogen-bond donors (Lipinski definition) is 1. The number of likely N-dealkylation sites (tertiary alicyclic amines) is 1. The lowest BCUT2D eigenvalue weighted by Crippen LogP contribution is -2.18. The molecule has 2 aliphatic heterocycles. The van der Waals surface area contributed by atoms with Crippen molar-refractivity contribution in [1.29, 1.82) is 0 Å². The topological polar surface area (TPSA) is 46.6 Å². The van der Waals surface area contributed by atoms with Gasteiger partial charge in [-0.3, -0.25) is 4.90 Å². The van der Waals surface area contributed by atoms with Gasteiger partial charge in [0.2, 0.25) is 0 Å². The molecular weight excluding hydrogens is 350 g/mol. The summed E-state index contributed by atoms with van der Waals surface area (Å²) in [6.07, 6.45) is 4.66. The molecule has 3 heterocycles. The Balaban J connectivity index is 1.72. The van der Waals surface area contributed by atoms with Crippen molar-refractivity contribution in [2.24, 2.45) is 0 Å². The van der Waals surface area contributed by atoms with E-state index in [1.165, 1.54) is 18.4 Å². The van der Waals surface area contributed by atoms with E-state index in [1.807, 2.05) is 7.05 Å². The maximum Gasteiger partial charge on any atom is 0.135 e. The molecule has 0 atom stereocenters. The Morgan fingerprint density at radius 2 is 2.00 bits per heavy atom. The number of methoxy groups -OCH3 is 1. The highest BCUT2D eigenvalue weighted by atomic mass is 16.5. The van der Waals surface area contributed by atoms with Gasteiger partial charge in [-0.05, 0) is 68.5 Å². The van der Waals surface area contributed by atoms with Crippen molar-refractivity contribution >= 4 is 16.7 Å². The summed E-state index contributed by atoms with van der Waals surface area (Å²) in [5.74, 6) is 8.86. The Hall–Kier alpha value is -2.29. The fourth-order valence-corrected chi connectivity index (χ4v) is 4.21. The average Bonchev–Trinajstić information content (AvgIpc) is 3.26. The van der Waals surface area contributed by atoms with Crippen LogP contribution in [0.2, 0.25) is 0 Å². The fourth-order valence-electron chi connectivity index (χ4n) is 4.21. The van der Waals surface area contributed by atoms with Gasteiger partial charge in [-0.25, -0.2) is 4.98 Å². The van der Waals surface area contributed by atoms with Crippen molar-refractivity contribution in [3.63, 3.8) is 0 Å². The van der Waals surface area contributed by atoms with Crippen molar-refractivity contribution in [3.8, 4) is 17.6 Å². The molecule has 2 saturated heterocycles. The van der Waals surface area contributed by atoms with E-state index in [-0.39, 0.29) is 0 Å². The summed E-state index contributed by atoms with van der Waals surface area (Å²) in [6, 6.07) is 6.37. The predicted molar refractivity (Wildman–Crippen MR) is 113 cm³/mol. The maximum atomic E-state index is 5.69. The van der Waals surface area contributed by atoms with Crippen LogP contribution in [0.3, 0.4) is 0 Å². The van der Waals surface area contributed by atoms with E-state index in [1.54, 1.807) is 7.11 Å². The minimum Gasteiger partial charge on any atom is -0.495 e. The molecule has 2 fully saturated rings. The van der Waals surface area contributed by atoms with E-state index in [9.17, 15) is 0 Å². The quantitative estimate of drug-likeness (QED) is 0.822. The number of anilines is 1. The van der Waals surface area contributed by atoms with Crippen molar-refractivity contribution in [2.45, 2.75) is 31.6 Å². The van der Waals surface area contributed by atoms with Gasteiger partial charge in [0.15, 0.2) is 0 Å². The Bertz CT molecular complexity index is 888. The first kappa shape index (κ1) is 19.0. The first-order valence-electron chi connectivity index (χ1n) is 10.3. The smallest absolute Gasteiger partial charge is 0.135 e. The van der Waals surface area contributed by atoms with Gasteiger partial charge in [-0.2, -0.15) is 0 Å². The van der Waals surface area contributed by atoms with Crippen molar-refractivity contribution in [2.75, 3.05) is 52.3 Å². The molecule has 1 N–H and O–H groups in total. The molecule has 0 spiro atoms. The Labute approximate surface area is 167 Å². The maximum absolute atomic E-state index is 5.69. The average molecular weight is 380 g/mol. The number of rotatable bonds is 4. The lowest BCUT2D eigenvalue weighted by molar-refractivity contribution is 0.0856. The standard InChI is InChI=1S/C23H29N3O2/c1-24-23-16-19(17-7-12-28-13-8-17)20-15-22(27-2)18(14-21(20)25-23)6-5-11-26-9-3-4-10-26/h14-17H,3-4,7-13H2,1-2H3,(H,24,25). The molecule has 28 heavy (non-hydrogen) atoms. The van der Waals surface area contributed by atoms with Crippen LogP contribution in [-0.4, -0.2) is 56.9 Å². The summed E-state index contributed by atoms with van der Waals surface area (Å²) in [5.41, 5.74) is 3.21. The zero-order valence-electron chi connectivity index (χ0n) is 16.9. The van der Waals surface area contributed by atoms with E-state index < -0.39 is 0 Å². The summed E-state index contributed by atoms with van der Waals surface area (Å²) in [4.78, 5) is 7.20. The normalized spacial score (nSPS) is 18.1. The van der Waals surface area contributed by atoms with E-state index in [4.69, 9.17) is 14.5 Å². The second-order valence-electron chi connectivity index (χ2n) is 7.59.